The van der Waals surface area contributed by atoms with Crippen LogP contribution in [0.5, 0.6) is 0 Å². The van der Waals surface area contributed by atoms with Crippen molar-refractivity contribution in [2.24, 2.45) is 5.73 Å². The molecule has 2 atom stereocenters. The summed E-state index contributed by atoms with van der Waals surface area (Å²) in [5.41, 5.74) is 5.51. The third-order valence-electron chi connectivity index (χ3n) is 2.69. The Morgan fingerprint density at radius 1 is 1.69 bits per heavy atom. The maximum absolute atomic E-state index is 14.0. The molecule has 0 spiro atoms. The van der Waals surface area contributed by atoms with E-state index in [1.807, 2.05) is 6.07 Å². The zero-order valence-corrected chi connectivity index (χ0v) is 7.50. The highest BCUT2D eigenvalue weighted by atomic mass is 19.1. The van der Waals surface area contributed by atoms with Crippen LogP contribution in [-0.4, -0.2) is 11.7 Å². The number of rotatable bonds is 2. The predicted octanol–water partition coefficient (Wildman–Crippen LogP) is 2.04. The van der Waals surface area contributed by atoms with Gasteiger partial charge in [-0.1, -0.05) is 0 Å². The average molecular weight is 183 g/mol. The van der Waals surface area contributed by atoms with Gasteiger partial charge >= 0.3 is 0 Å². The minimum atomic E-state index is -1.09. The number of alkyl halides is 1. The zero-order valence-electron chi connectivity index (χ0n) is 7.50. The molecule has 2 nitrogen and oxygen atoms in total. The van der Waals surface area contributed by atoms with E-state index in [0.717, 1.165) is 12.0 Å². The van der Waals surface area contributed by atoms with Crippen molar-refractivity contribution in [1.29, 1.82) is 0 Å². The van der Waals surface area contributed by atoms with Crippen LogP contribution in [0.2, 0.25) is 0 Å². The first-order valence-electron chi connectivity index (χ1n) is 4.64. The van der Waals surface area contributed by atoms with Crippen LogP contribution in [0.25, 0.3) is 0 Å². The Kier molecular flexibility index (Phi) is 2.12. The van der Waals surface area contributed by atoms with Crippen molar-refractivity contribution in [2.75, 3.05) is 0 Å². The first kappa shape index (κ1) is 8.75. The van der Waals surface area contributed by atoms with Gasteiger partial charge < -0.3 is 10.2 Å². The Hall–Kier alpha value is -0.830. The highest BCUT2D eigenvalue weighted by molar-refractivity contribution is 5.11. The summed E-state index contributed by atoms with van der Waals surface area (Å²) in [4.78, 5) is 0. The van der Waals surface area contributed by atoms with Gasteiger partial charge in [0, 0.05) is 12.5 Å². The highest BCUT2D eigenvalue weighted by Gasteiger charge is 2.37. The van der Waals surface area contributed by atoms with Crippen molar-refractivity contribution >= 4 is 0 Å². The van der Waals surface area contributed by atoms with Gasteiger partial charge in [-0.15, -0.1) is 0 Å². The number of hydrogen-bond donors (Lipinski definition) is 1. The third-order valence-corrected chi connectivity index (χ3v) is 2.69. The molecule has 1 fully saturated rings. The molecule has 0 amide bonds. The first-order valence-corrected chi connectivity index (χ1v) is 4.64. The zero-order chi connectivity index (χ0) is 9.31. The standard InChI is InChI=1S/C10H14FNO/c11-10(3-1-9(12)6-10)5-8-2-4-13-7-8/h2,4,7,9H,1,3,5-6,12H2. The van der Waals surface area contributed by atoms with Crippen LogP contribution in [0.1, 0.15) is 24.8 Å². The molecule has 1 aliphatic carbocycles. The molecule has 1 aromatic heterocycles. The summed E-state index contributed by atoms with van der Waals surface area (Å²) in [5, 5.41) is 0. The molecule has 0 aromatic carbocycles. The van der Waals surface area contributed by atoms with Crippen LogP contribution in [0.3, 0.4) is 0 Å². The quantitative estimate of drug-likeness (QED) is 0.762. The van der Waals surface area contributed by atoms with Crippen molar-refractivity contribution in [1.82, 2.24) is 0 Å². The van der Waals surface area contributed by atoms with Gasteiger partial charge in [0.2, 0.25) is 0 Å². The summed E-state index contributed by atoms with van der Waals surface area (Å²) in [6.45, 7) is 0. The maximum atomic E-state index is 14.0. The van der Waals surface area contributed by atoms with Crippen LogP contribution in [0.4, 0.5) is 4.39 Å². The Labute approximate surface area is 76.9 Å². The lowest BCUT2D eigenvalue weighted by Crippen LogP contribution is -2.25. The monoisotopic (exact) mass is 183 g/mol. The van der Waals surface area contributed by atoms with Crippen LogP contribution >= 0.6 is 0 Å². The second kappa shape index (κ2) is 3.14. The summed E-state index contributed by atoms with van der Waals surface area (Å²) in [6, 6.07) is 1.85. The molecule has 13 heavy (non-hydrogen) atoms. The Bertz CT molecular complexity index is 272. The summed E-state index contributed by atoms with van der Waals surface area (Å²) >= 11 is 0. The van der Waals surface area contributed by atoms with Gasteiger partial charge in [0.05, 0.1) is 12.5 Å². The summed E-state index contributed by atoms with van der Waals surface area (Å²) < 4.78 is 18.9. The van der Waals surface area contributed by atoms with Crippen molar-refractivity contribution in [3.8, 4) is 0 Å². The van der Waals surface area contributed by atoms with Crippen LogP contribution in [0, 0.1) is 0 Å². The van der Waals surface area contributed by atoms with E-state index in [9.17, 15) is 4.39 Å². The first-order chi connectivity index (χ1) is 6.18. The predicted molar refractivity (Wildman–Crippen MR) is 48.1 cm³/mol. The lowest BCUT2D eigenvalue weighted by atomic mass is 9.96. The molecule has 2 rings (SSSR count). The fourth-order valence-corrected chi connectivity index (χ4v) is 2.04. The van der Waals surface area contributed by atoms with Gasteiger partial charge in [0.25, 0.3) is 0 Å². The van der Waals surface area contributed by atoms with Crippen LogP contribution < -0.4 is 5.73 Å². The highest BCUT2D eigenvalue weighted by Crippen LogP contribution is 2.35. The van der Waals surface area contributed by atoms with Crippen molar-refractivity contribution in [3.63, 3.8) is 0 Å². The summed E-state index contributed by atoms with van der Waals surface area (Å²) in [5.74, 6) is 0. The van der Waals surface area contributed by atoms with E-state index in [1.165, 1.54) is 0 Å². The maximum Gasteiger partial charge on any atom is 0.116 e. The molecule has 72 valence electrons. The molecular weight excluding hydrogens is 169 g/mol. The van der Waals surface area contributed by atoms with Crippen LogP contribution in [-0.2, 0) is 6.42 Å². The van der Waals surface area contributed by atoms with Crippen molar-refractivity contribution in [2.45, 2.75) is 37.4 Å². The SMILES string of the molecule is NC1CCC(F)(Cc2ccoc2)C1. The molecular formula is C10H14FNO. The average Bonchev–Trinajstić information content (AvgIpc) is 2.62. The van der Waals surface area contributed by atoms with Gasteiger partial charge in [-0.25, -0.2) is 4.39 Å². The Morgan fingerprint density at radius 3 is 3.08 bits per heavy atom. The molecule has 1 aliphatic rings. The largest absolute Gasteiger partial charge is 0.472 e. The van der Waals surface area contributed by atoms with E-state index < -0.39 is 5.67 Å². The van der Waals surface area contributed by atoms with E-state index in [4.69, 9.17) is 10.2 Å². The molecule has 3 heteroatoms. The molecule has 0 saturated heterocycles. The minimum absolute atomic E-state index is 0.0388. The lowest BCUT2D eigenvalue weighted by molar-refractivity contribution is 0.170. The van der Waals surface area contributed by atoms with E-state index >= 15 is 0 Å². The van der Waals surface area contributed by atoms with E-state index in [2.05, 4.69) is 0 Å². The molecule has 2 unspecified atom stereocenters. The van der Waals surface area contributed by atoms with E-state index in [0.29, 0.717) is 19.3 Å². The molecule has 1 heterocycles. The number of halogens is 1. The summed E-state index contributed by atoms with van der Waals surface area (Å²) in [7, 11) is 0. The fourth-order valence-electron chi connectivity index (χ4n) is 2.04. The lowest BCUT2D eigenvalue weighted by Gasteiger charge is -2.17. The van der Waals surface area contributed by atoms with Gasteiger partial charge in [-0.05, 0) is 30.9 Å². The van der Waals surface area contributed by atoms with E-state index in [-0.39, 0.29) is 6.04 Å². The van der Waals surface area contributed by atoms with Gasteiger partial charge in [-0.3, -0.25) is 0 Å². The van der Waals surface area contributed by atoms with Crippen LogP contribution in [0.15, 0.2) is 23.0 Å². The molecule has 2 N–H and O–H groups in total. The fraction of sp³-hybridized carbons (Fsp3) is 0.600. The van der Waals surface area contributed by atoms with Gasteiger partial charge in [-0.2, -0.15) is 0 Å². The normalized spacial score (nSPS) is 33.8. The number of hydrogen-bond acceptors (Lipinski definition) is 2. The third kappa shape index (κ3) is 1.91. The van der Waals surface area contributed by atoms with Crippen molar-refractivity contribution < 1.29 is 8.81 Å². The molecule has 0 bridgehead atoms. The molecule has 0 aliphatic heterocycles. The Balaban J connectivity index is 2.01. The smallest absolute Gasteiger partial charge is 0.116 e. The minimum Gasteiger partial charge on any atom is -0.472 e. The number of nitrogens with two attached hydrogens (primary N) is 1. The van der Waals surface area contributed by atoms with Crippen molar-refractivity contribution in [3.05, 3.63) is 24.2 Å². The second-order valence-electron chi connectivity index (χ2n) is 3.96. The molecule has 0 radical (unpaired) electrons. The van der Waals surface area contributed by atoms with Gasteiger partial charge in [0.15, 0.2) is 0 Å². The van der Waals surface area contributed by atoms with Gasteiger partial charge in [0.1, 0.15) is 5.67 Å². The molecule has 1 aromatic rings. The summed E-state index contributed by atoms with van der Waals surface area (Å²) in [6.07, 6.45) is 5.49. The Morgan fingerprint density at radius 2 is 2.54 bits per heavy atom. The van der Waals surface area contributed by atoms with E-state index in [1.54, 1.807) is 12.5 Å². The topological polar surface area (TPSA) is 39.2 Å². The number of furan rings is 1. The second-order valence-corrected chi connectivity index (χ2v) is 3.96. The molecule has 1 saturated carbocycles.